The Morgan fingerprint density at radius 1 is 1.03 bits per heavy atom. The predicted molar refractivity (Wildman–Crippen MR) is 134 cm³/mol. The van der Waals surface area contributed by atoms with Crippen LogP contribution >= 0.6 is 0 Å². The van der Waals surface area contributed by atoms with E-state index < -0.39 is 59.9 Å². The fourth-order valence-corrected chi connectivity index (χ4v) is 3.22. The molecule has 1 aromatic heterocycles. The Hall–Kier alpha value is -4.25. The van der Waals surface area contributed by atoms with Crippen molar-refractivity contribution in [1.29, 1.82) is 0 Å². The summed E-state index contributed by atoms with van der Waals surface area (Å²) in [6.07, 6.45) is 1.27. The predicted octanol–water partition coefficient (Wildman–Crippen LogP) is -4.48. The molecule has 14 N–H and O–H groups in total. The molecule has 5 atom stereocenters. The third kappa shape index (κ3) is 11.7. The van der Waals surface area contributed by atoms with Gasteiger partial charge in [0.15, 0.2) is 12.0 Å². The van der Waals surface area contributed by atoms with Gasteiger partial charge in [-0.05, 0) is 26.2 Å². The molecule has 17 heteroatoms. The zero-order chi connectivity index (χ0) is 28.8. The number of nitrogens with two attached hydrogens (primary N) is 4. The highest BCUT2D eigenvalue weighted by Crippen LogP contribution is 2.05. The average Bonchev–Trinajstić information content (AvgIpc) is 3.34. The molecule has 0 saturated carbocycles. The molecule has 212 valence electrons. The van der Waals surface area contributed by atoms with Gasteiger partial charge < -0.3 is 54.1 Å². The van der Waals surface area contributed by atoms with Gasteiger partial charge in [0.1, 0.15) is 12.1 Å². The molecular formula is C21H36N10O7. The summed E-state index contributed by atoms with van der Waals surface area (Å²) >= 11 is 0. The van der Waals surface area contributed by atoms with Crippen LogP contribution in [0, 0.1) is 0 Å². The van der Waals surface area contributed by atoms with Crippen LogP contribution in [0.5, 0.6) is 0 Å². The molecule has 0 bridgehead atoms. The monoisotopic (exact) mass is 540 g/mol. The summed E-state index contributed by atoms with van der Waals surface area (Å²) in [4.78, 5) is 71.7. The Labute approximate surface area is 218 Å². The summed E-state index contributed by atoms with van der Waals surface area (Å²) in [7, 11) is 0. The summed E-state index contributed by atoms with van der Waals surface area (Å²) in [5.74, 6) is -4.79. The van der Waals surface area contributed by atoms with E-state index in [0.29, 0.717) is 12.1 Å². The molecule has 1 heterocycles. The van der Waals surface area contributed by atoms with E-state index in [1.54, 1.807) is 0 Å². The van der Waals surface area contributed by atoms with Crippen molar-refractivity contribution in [3.63, 3.8) is 0 Å². The molecule has 5 unspecified atom stereocenters. The van der Waals surface area contributed by atoms with Gasteiger partial charge in [0.25, 0.3) is 0 Å². The second kappa shape index (κ2) is 15.8. The first-order valence-corrected chi connectivity index (χ1v) is 11.7. The smallest absolute Gasteiger partial charge is 0.328 e. The molecule has 0 saturated heterocycles. The number of primary amides is 1. The number of aliphatic hydroxyl groups is 1. The number of aromatic amines is 1. The van der Waals surface area contributed by atoms with Crippen LogP contribution in [0.25, 0.3) is 0 Å². The molecule has 0 radical (unpaired) electrons. The van der Waals surface area contributed by atoms with Crippen molar-refractivity contribution < 1.29 is 34.2 Å². The number of imidazole rings is 1. The van der Waals surface area contributed by atoms with Crippen molar-refractivity contribution in [2.24, 2.45) is 27.9 Å². The second-order valence-electron chi connectivity index (χ2n) is 8.53. The van der Waals surface area contributed by atoms with E-state index in [1.807, 2.05) is 0 Å². The van der Waals surface area contributed by atoms with E-state index >= 15 is 0 Å². The van der Waals surface area contributed by atoms with E-state index in [2.05, 4.69) is 30.9 Å². The van der Waals surface area contributed by atoms with Crippen molar-refractivity contribution in [3.05, 3.63) is 18.2 Å². The Bertz CT molecular complexity index is 979. The molecule has 17 nitrogen and oxygen atoms in total. The van der Waals surface area contributed by atoms with E-state index in [-0.39, 0.29) is 38.2 Å². The number of aliphatic hydroxyl groups excluding tert-OH is 1. The number of aliphatic imine (C=N–C) groups is 1. The minimum Gasteiger partial charge on any atom is -0.480 e. The van der Waals surface area contributed by atoms with Gasteiger partial charge in [-0.25, -0.2) is 9.78 Å². The van der Waals surface area contributed by atoms with Crippen molar-refractivity contribution >= 4 is 35.6 Å². The zero-order valence-electron chi connectivity index (χ0n) is 20.9. The maximum Gasteiger partial charge on any atom is 0.328 e. The fraction of sp³-hybridized carbons (Fsp3) is 0.571. The summed E-state index contributed by atoms with van der Waals surface area (Å²) in [6.45, 7) is 1.42. The molecule has 0 spiro atoms. The highest BCUT2D eigenvalue weighted by Gasteiger charge is 2.32. The lowest BCUT2D eigenvalue weighted by Gasteiger charge is -2.25. The number of nitrogens with zero attached hydrogens (tertiary/aromatic N) is 2. The highest BCUT2D eigenvalue weighted by molar-refractivity contribution is 5.94. The first kappa shape index (κ1) is 31.8. The molecule has 0 aromatic carbocycles. The molecule has 0 fully saturated rings. The van der Waals surface area contributed by atoms with Crippen molar-refractivity contribution in [1.82, 2.24) is 25.9 Å². The summed E-state index contributed by atoms with van der Waals surface area (Å²) < 4.78 is 0. The molecular weight excluding hydrogens is 504 g/mol. The lowest BCUT2D eigenvalue weighted by molar-refractivity contribution is -0.145. The molecule has 0 aliphatic carbocycles. The van der Waals surface area contributed by atoms with E-state index in [0.717, 1.165) is 0 Å². The quantitative estimate of drug-likeness (QED) is 0.0510. The number of H-pyrrole nitrogens is 1. The molecule has 0 aliphatic rings. The van der Waals surface area contributed by atoms with Gasteiger partial charge >= 0.3 is 5.97 Å². The second-order valence-corrected chi connectivity index (χ2v) is 8.53. The number of aliphatic carboxylic acids is 1. The van der Waals surface area contributed by atoms with Crippen LogP contribution in [0.1, 0.15) is 38.3 Å². The first-order chi connectivity index (χ1) is 17.8. The number of hydrogen-bond donors (Lipinski definition) is 10. The third-order valence-electron chi connectivity index (χ3n) is 5.27. The third-order valence-corrected chi connectivity index (χ3v) is 5.27. The maximum atomic E-state index is 13.1. The van der Waals surface area contributed by atoms with Crippen LogP contribution in [-0.4, -0.2) is 92.6 Å². The van der Waals surface area contributed by atoms with Crippen LogP contribution in [0.2, 0.25) is 0 Å². The van der Waals surface area contributed by atoms with Gasteiger partial charge in [-0.15, -0.1) is 0 Å². The van der Waals surface area contributed by atoms with Crippen LogP contribution in [0.4, 0.5) is 0 Å². The van der Waals surface area contributed by atoms with Gasteiger partial charge in [0.05, 0.1) is 18.5 Å². The van der Waals surface area contributed by atoms with Crippen molar-refractivity contribution in [2.75, 3.05) is 6.54 Å². The first-order valence-electron chi connectivity index (χ1n) is 11.7. The van der Waals surface area contributed by atoms with E-state index in [9.17, 15) is 34.2 Å². The Morgan fingerprint density at radius 2 is 1.66 bits per heavy atom. The van der Waals surface area contributed by atoms with Crippen LogP contribution in [0.3, 0.4) is 0 Å². The lowest BCUT2D eigenvalue weighted by atomic mass is 10.1. The summed E-state index contributed by atoms with van der Waals surface area (Å²) in [6, 6.07) is -5.32. The van der Waals surface area contributed by atoms with Gasteiger partial charge in [-0.2, -0.15) is 0 Å². The normalized spacial score (nSPS) is 14.7. The number of rotatable bonds is 17. The molecule has 38 heavy (non-hydrogen) atoms. The lowest BCUT2D eigenvalue weighted by Crippen LogP contribution is -2.58. The Morgan fingerprint density at radius 3 is 2.18 bits per heavy atom. The SMILES string of the molecule is CC(O)C(NC(=O)C(Cc1cnc[nH]1)NC(=O)C(CCC(N)=O)NC(=O)C(N)CCCN=C(N)N)C(=O)O. The Balaban J connectivity index is 3.02. The highest BCUT2D eigenvalue weighted by atomic mass is 16.4. The van der Waals surface area contributed by atoms with Gasteiger partial charge in [0.2, 0.25) is 23.6 Å². The number of amides is 4. The Kier molecular flexibility index (Phi) is 13.2. The number of aromatic nitrogens is 2. The zero-order valence-corrected chi connectivity index (χ0v) is 20.9. The summed E-state index contributed by atoms with van der Waals surface area (Å²) in [5.41, 5.74) is 22.0. The average molecular weight is 541 g/mol. The minimum atomic E-state index is -1.65. The van der Waals surface area contributed by atoms with Gasteiger partial charge in [0, 0.05) is 31.3 Å². The molecule has 1 rings (SSSR count). The molecule has 0 aliphatic heterocycles. The van der Waals surface area contributed by atoms with Gasteiger partial charge in [-0.1, -0.05) is 0 Å². The number of carboxylic acid groups (broad SMARTS) is 1. The fourth-order valence-electron chi connectivity index (χ4n) is 3.22. The molecule has 4 amide bonds. The number of hydrogen-bond acceptors (Lipinski definition) is 9. The van der Waals surface area contributed by atoms with Crippen LogP contribution < -0.4 is 38.9 Å². The van der Waals surface area contributed by atoms with Crippen molar-refractivity contribution in [3.8, 4) is 0 Å². The molecule has 1 aromatic rings. The number of nitrogens with one attached hydrogen (secondary N) is 4. The number of carboxylic acids is 1. The topological polar surface area (TPSA) is 307 Å². The number of guanidine groups is 1. The van der Waals surface area contributed by atoms with Crippen LogP contribution in [-0.2, 0) is 30.4 Å². The number of carbonyl (C=O) groups excluding carboxylic acids is 4. The standard InChI is InChI=1S/C21H36N10O7/c1-10(32)16(20(37)38)31-19(36)14(7-11-8-26-9-28-11)30-18(35)13(4-5-15(23)33)29-17(34)12(22)3-2-6-27-21(24)25/h8-10,12-14,16,32H,2-7,22H2,1H3,(H2,23,33)(H,26,28)(H,29,34)(H,30,35)(H,31,36)(H,37,38)(H4,24,25,27). The minimum absolute atomic E-state index is 0.108. The number of carbonyl (C=O) groups is 5. The van der Waals surface area contributed by atoms with Crippen molar-refractivity contribution in [2.45, 2.75) is 69.3 Å². The largest absolute Gasteiger partial charge is 0.480 e. The van der Waals surface area contributed by atoms with Crippen LogP contribution in [0.15, 0.2) is 17.5 Å². The summed E-state index contributed by atoms with van der Waals surface area (Å²) in [5, 5.41) is 26.0. The van der Waals surface area contributed by atoms with Gasteiger partial charge in [-0.3, -0.25) is 24.2 Å². The van der Waals surface area contributed by atoms with E-state index in [1.165, 1.54) is 19.4 Å². The maximum absolute atomic E-state index is 13.1. The van der Waals surface area contributed by atoms with E-state index in [4.69, 9.17) is 22.9 Å².